The highest BCUT2D eigenvalue weighted by molar-refractivity contribution is 6.20. The standard InChI is InChI=1S/C28H18/c1-2-9-21-17-23(14-13-19(21)7-1)28-25-12-6-4-10-22(25)18-27-24-11-5-3-8-20(24)15-16-26(27)28/h1-18H. The monoisotopic (exact) mass is 354 g/mol. The van der Waals surface area contributed by atoms with Crippen LogP contribution in [0.5, 0.6) is 0 Å². The van der Waals surface area contributed by atoms with Crippen LogP contribution in [0.3, 0.4) is 0 Å². The van der Waals surface area contributed by atoms with E-state index in [1.165, 1.54) is 54.2 Å². The van der Waals surface area contributed by atoms with Crippen LogP contribution in [0.4, 0.5) is 0 Å². The van der Waals surface area contributed by atoms with Crippen LogP contribution in [-0.4, -0.2) is 0 Å². The summed E-state index contributed by atoms with van der Waals surface area (Å²) >= 11 is 0. The van der Waals surface area contributed by atoms with Gasteiger partial charge in [-0.25, -0.2) is 0 Å². The molecule has 0 saturated carbocycles. The first-order valence-corrected chi connectivity index (χ1v) is 9.71. The smallest absolute Gasteiger partial charge is 0.00264 e. The molecule has 0 saturated heterocycles. The maximum absolute atomic E-state index is 2.34. The molecule has 0 heteroatoms. The minimum Gasteiger partial charge on any atom is -0.0616 e. The molecule has 0 heterocycles. The van der Waals surface area contributed by atoms with Crippen molar-refractivity contribution in [3.8, 4) is 11.1 Å². The first-order chi connectivity index (χ1) is 13.9. The number of rotatable bonds is 1. The molecule has 0 spiro atoms. The minimum atomic E-state index is 1.27. The van der Waals surface area contributed by atoms with E-state index in [0.717, 1.165) is 0 Å². The summed E-state index contributed by atoms with van der Waals surface area (Å²) in [6.45, 7) is 0. The largest absolute Gasteiger partial charge is 0.0616 e. The average molecular weight is 354 g/mol. The topological polar surface area (TPSA) is 0 Å². The predicted molar refractivity (Wildman–Crippen MR) is 122 cm³/mol. The number of hydrogen-bond donors (Lipinski definition) is 0. The van der Waals surface area contributed by atoms with Crippen molar-refractivity contribution in [1.82, 2.24) is 0 Å². The Morgan fingerprint density at radius 3 is 1.82 bits per heavy atom. The van der Waals surface area contributed by atoms with Crippen LogP contribution >= 0.6 is 0 Å². The molecule has 0 aliphatic carbocycles. The highest BCUT2D eigenvalue weighted by Gasteiger charge is 2.12. The molecule has 6 aromatic rings. The van der Waals surface area contributed by atoms with Crippen molar-refractivity contribution in [3.63, 3.8) is 0 Å². The van der Waals surface area contributed by atoms with Crippen LogP contribution in [0.1, 0.15) is 0 Å². The van der Waals surface area contributed by atoms with Gasteiger partial charge in [0.2, 0.25) is 0 Å². The zero-order chi connectivity index (χ0) is 18.5. The van der Waals surface area contributed by atoms with Gasteiger partial charge in [-0.3, -0.25) is 0 Å². The van der Waals surface area contributed by atoms with E-state index in [0.29, 0.717) is 0 Å². The molecule has 6 rings (SSSR count). The summed E-state index contributed by atoms with van der Waals surface area (Å²) in [5.74, 6) is 0. The Bertz CT molecular complexity index is 1510. The van der Waals surface area contributed by atoms with Gasteiger partial charge in [-0.15, -0.1) is 0 Å². The molecule has 130 valence electrons. The van der Waals surface area contributed by atoms with E-state index in [4.69, 9.17) is 0 Å². The maximum atomic E-state index is 2.34. The summed E-state index contributed by atoms with van der Waals surface area (Å²) in [4.78, 5) is 0. The Kier molecular flexibility index (Phi) is 3.27. The second-order valence-corrected chi connectivity index (χ2v) is 7.42. The maximum Gasteiger partial charge on any atom is -0.00264 e. The van der Waals surface area contributed by atoms with Gasteiger partial charge in [-0.2, -0.15) is 0 Å². The predicted octanol–water partition coefficient (Wildman–Crippen LogP) is 7.97. The fourth-order valence-corrected chi connectivity index (χ4v) is 4.48. The van der Waals surface area contributed by atoms with Crippen molar-refractivity contribution in [3.05, 3.63) is 109 Å². The number of hydrogen-bond acceptors (Lipinski definition) is 0. The lowest BCUT2D eigenvalue weighted by atomic mass is 9.89. The van der Waals surface area contributed by atoms with E-state index in [9.17, 15) is 0 Å². The molecule has 0 aliphatic heterocycles. The van der Waals surface area contributed by atoms with Crippen molar-refractivity contribution in [2.24, 2.45) is 0 Å². The second kappa shape index (κ2) is 5.94. The van der Waals surface area contributed by atoms with Crippen LogP contribution in [0.15, 0.2) is 109 Å². The second-order valence-electron chi connectivity index (χ2n) is 7.42. The molecule has 0 aromatic heterocycles. The highest BCUT2D eigenvalue weighted by atomic mass is 14.2. The average Bonchev–Trinajstić information content (AvgIpc) is 2.77. The summed E-state index contributed by atoms with van der Waals surface area (Å²) in [5.41, 5.74) is 2.60. The molecule has 0 N–H and O–H groups in total. The van der Waals surface area contributed by atoms with Crippen molar-refractivity contribution in [2.75, 3.05) is 0 Å². The van der Waals surface area contributed by atoms with Gasteiger partial charge < -0.3 is 0 Å². The minimum absolute atomic E-state index is 1.27. The Morgan fingerprint density at radius 2 is 0.964 bits per heavy atom. The normalized spacial score (nSPS) is 11.6. The molecule has 0 amide bonds. The summed E-state index contributed by atoms with van der Waals surface area (Å²) in [6.07, 6.45) is 0. The Morgan fingerprint density at radius 1 is 0.321 bits per heavy atom. The zero-order valence-corrected chi connectivity index (χ0v) is 15.4. The number of benzene rings is 6. The summed E-state index contributed by atoms with van der Waals surface area (Å²) in [6, 6.07) is 39.7. The molecule has 0 nitrogen and oxygen atoms in total. The van der Waals surface area contributed by atoms with Gasteiger partial charge in [0.25, 0.3) is 0 Å². The molecule has 0 atom stereocenters. The molecule has 0 bridgehead atoms. The summed E-state index contributed by atoms with van der Waals surface area (Å²) in [5, 5.41) is 10.4. The van der Waals surface area contributed by atoms with Crippen molar-refractivity contribution in [2.45, 2.75) is 0 Å². The molecular weight excluding hydrogens is 336 g/mol. The lowest BCUT2D eigenvalue weighted by molar-refractivity contribution is 1.71. The van der Waals surface area contributed by atoms with E-state index in [1.54, 1.807) is 0 Å². The third-order valence-electron chi connectivity index (χ3n) is 5.81. The lowest BCUT2D eigenvalue weighted by Gasteiger charge is -2.14. The van der Waals surface area contributed by atoms with Crippen molar-refractivity contribution >= 4 is 43.1 Å². The van der Waals surface area contributed by atoms with E-state index in [2.05, 4.69) is 109 Å². The quantitative estimate of drug-likeness (QED) is 0.207. The molecule has 0 unspecified atom stereocenters. The summed E-state index contributed by atoms with van der Waals surface area (Å²) in [7, 11) is 0. The van der Waals surface area contributed by atoms with Gasteiger partial charge >= 0.3 is 0 Å². The number of fused-ring (bicyclic) bond motifs is 5. The van der Waals surface area contributed by atoms with Crippen LogP contribution in [0.25, 0.3) is 54.2 Å². The molecule has 0 radical (unpaired) electrons. The van der Waals surface area contributed by atoms with Gasteiger partial charge in [0.1, 0.15) is 0 Å². The zero-order valence-electron chi connectivity index (χ0n) is 15.4. The van der Waals surface area contributed by atoms with Crippen LogP contribution in [0.2, 0.25) is 0 Å². The Balaban J connectivity index is 1.81. The first kappa shape index (κ1) is 15.4. The van der Waals surface area contributed by atoms with E-state index in [1.807, 2.05) is 0 Å². The Labute approximate surface area is 163 Å². The van der Waals surface area contributed by atoms with Gasteiger partial charge in [0.15, 0.2) is 0 Å². The van der Waals surface area contributed by atoms with E-state index in [-0.39, 0.29) is 0 Å². The SMILES string of the molecule is c1ccc2cc(-c3c4ccccc4cc4c3ccc3ccccc34)ccc2c1. The first-order valence-electron chi connectivity index (χ1n) is 9.71. The third kappa shape index (κ3) is 2.25. The molecule has 0 fully saturated rings. The van der Waals surface area contributed by atoms with Crippen molar-refractivity contribution < 1.29 is 0 Å². The van der Waals surface area contributed by atoms with Crippen molar-refractivity contribution in [1.29, 1.82) is 0 Å². The fourth-order valence-electron chi connectivity index (χ4n) is 4.48. The van der Waals surface area contributed by atoms with E-state index >= 15 is 0 Å². The molecule has 6 aromatic carbocycles. The van der Waals surface area contributed by atoms with Gasteiger partial charge in [-0.05, 0) is 66.3 Å². The molecular formula is C28H18. The molecule has 0 aliphatic rings. The molecule has 28 heavy (non-hydrogen) atoms. The van der Waals surface area contributed by atoms with Crippen LogP contribution in [-0.2, 0) is 0 Å². The van der Waals surface area contributed by atoms with Crippen LogP contribution < -0.4 is 0 Å². The third-order valence-corrected chi connectivity index (χ3v) is 5.81. The van der Waals surface area contributed by atoms with E-state index < -0.39 is 0 Å². The van der Waals surface area contributed by atoms with Gasteiger partial charge in [0, 0.05) is 0 Å². The van der Waals surface area contributed by atoms with Crippen LogP contribution in [0, 0.1) is 0 Å². The Hall–Kier alpha value is -3.64. The summed E-state index contributed by atoms with van der Waals surface area (Å²) < 4.78 is 0. The lowest BCUT2D eigenvalue weighted by Crippen LogP contribution is -1.87. The highest BCUT2D eigenvalue weighted by Crippen LogP contribution is 2.39. The van der Waals surface area contributed by atoms with Gasteiger partial charge in [0.05, 0.1) is 0 Å². The van der Waals surface area contributed by atoms with Gasteiger partial charge in [-0.1, -0.05) is 97.1 Å². The fraction of sp³-hybridized carbons (Fsp3) is 0.